The average Bonchev–Trinajstić information content (AvgIpc) is 2.85. The van der Waals surface area contributed by atoms with Crippen LogP contribution in [0.2, 0.25) is 0 Å². The van der Waals surface area contributed by atoms with E-state index in [9.17, 15) is 14.7 Å². The standard InChI is InChI=1S/C20H16INO3/c21-15-7-8-17-16(10-15)20(25,19(24)22-17)11-18(23)14-6-5-12-3-1-2-4-13(12)9-14/h1-9,16,25H,10-11H2,(H,22,24). The highest BCUT2D eigenvalue weighted by Gasteiger charge is 2.53. The normalized spacial score (nSPS) is 25.2. The predicted molar refractivity (Wildman–Crippen MR) is 104 cm³/mol. The van der Waals surface area contributed by atoms with Crippen LogP contribution in [-0.4, -0.2) is 22.4 Å². The zero-order valence-electron chi connectivity index (χ0n) is 13.3. The lowest BCUT2D eigenvalue weighted by atomic mass is 9.79. The second-order valence-electron chi connectivity index (χ2n) is 6.53. The van der Waals surface area contributed by atoms with Crippen LogP contribution < -0.4 is 5.32 Å². The topological polar surface area (TPSA) is 66.4 Å². The number of carbonyl (C=O) groups excluding carboxylic acids is 2. The van der Waals surface area contributed by atoms with E-state index in [1.807, 2.05) is 48.6 Å². The third-order valence-electron chi connectivity index (χ3n) is 4.95. The number of halogens is 1. The van der Waals surface area contributed by atoms with E-state index >= 15 is 0 Å². The Kier molecular flexibility index (Phi) is 4.00. The maximum Gasteiger partial charge on any atom is 0.257 e. The highest BCUT2D eigenvalue weighted by molar-refractivity contribution is 14.1. The second-order valence-corrected chi connectivity index (χ2v) is 7.92. The molecule has 2 aromatic carbocycles. The van der Waals surface area contributed by atoms with Crippen LogP contribution in [0.15, 0.2) is 63.9 Å². The summed E-state index contributed by atoms with van der Waals surface area (Å²) in [5.41, 5.74) is -0.489. The van der Waals surface area contributed by atoms with Crippen molar-refractivity contribution < 1.29 is 14.7 Å². The van der Waals surface area contributed by atoms with Gasteiger partial charge in [-0.05, 0) is 55.5 Å². The van der Waals surface area contributed by atoms with Crippen LogP contribution in [0.1, 0.15) is 23.2 Å². The molecule has 0 aromatic heterocycles. The Balaban J connectivity index is 1.63. The molecule has 0 bridgehead atoms. The van der Waals surface area contributed by atoms with Gasteiger partial charge in [0.1, 0.15) is 0 Å². The van der Waals surface area contributed by atoms with Gasteiger partial charge in [-0.3, -0.25) is 9.59 Å². The van der Waals surface area contributed by atoms with Gasteiger partial charge in [0, 0.05) is 23.6 Å². The van der Waals surface area contributed by atoms with Crippen LogP contribution in [0, 0.1) is 5.92 Å². The first-order valence-corrected chi connectivity index (χ1v) is 9.17. The summed E-state index contributed by atoms with van der Waals surface area (Å²) < 4.78 is 1.06. The molecule has 2 N–H and O–H groups in total. The molecule has 25 heavy (non-hydrogen) atoms. The first kappa shape index (κ1) is 16.5. The number of benzene rings is 2. The van der Waals surface area contributed by atoms with Gasteiger partial charge in [0.25, 0.3) is 5.91 Å². The van der Waals surface area contributed by atoms with Gasteiger partial charge in [0.2, 0.25) is 0 Å². The van der Waals surface area contributed by atoms with E-state index in [2.05, 4.69) is 27.9 Å². The first-order valence-electron chi connectivity index (χ1n) is 8.09. The fraction of sp³-hybridized carbons (Fsp3) is 0.200. The highest BCUT2D eigenvalue weighted by Crippen LogP contribution is 2.42. The lowest BCUT2D eigenvalue weighted by molar-refractivity contribution is -0.137. The summed E-state index contributed by atoms with van der Waals surface area (Å²) in [6.07, 6.45) is 4.08. The molecule has 2 aromatic rings. The fourth-order valence-electron chi connectivity index (χ4n) is 3.53. The zero-order valence-corrected chi connectivity index (χ0v) is 15.5. The summed E-state index contributed by atoms with van der Waals surface area (Å²) in [4.78, 5) is 25.1. The Bertz CT molecular complexity index is 962. The number of fused-ring (bicyclic) bond motifs is 2. The van der Waals surface area contributed by atoms with Crippen molar-refractivity contribution in [1.82, 2.24) is 5.32 Å². The molecule has 1 fully saturated rings. The van der Waals surface area contributed by atoms with E-state index in [1.165, 1.54) is 0 Å². The molecular formula is C20H16INO3. The molecule has 126 valence electrons. The van der Waals surface area contributed by atoms with Crippen molar-refractivity contribution in [3.05, 3.63) is 69.5 Å². The SMILES string of the molecule is O=C(CC1(O)C(=O)NC2=CC=C(I)CC21)c1ccc2ccccc2c1. The zero-order chi connectivity index (χ0) is 17.6. The van der Waals surface area contributed by atoms with Gasteiger partial charge < -0.3 is 10.4 Å². The van der Waals surface area contributed by atoms with E-state index in [0.717, 1.165) is 14.4 Å². The van der Waals surface area contributed by atoms with Gasteiger partial charge in [-0.2, -0.15) is 0 Å². The summed E-state index contributed by atoms with van der Waals surface area (Å²) in [5, 5.41) is 15.8. The van der Waals surface area contributed by atoms with Crippen LogP contribution in [-0.2, 0) is 4.79 Å². The molecular weight excluding hydrogens is 429 g/mol. The van der Waals surface area contributed by atoms with Crippen LogP contribution in [0.3, 0.4) is 0 Å². The Morgan fingerprint density at radius 3 is 2.76 bits per heavy atom. The maximum absolute atomic E-state index is 12.8. The second kappa shape index (κ2) is 6.07. The Labute approximate surface area is 158 Å². The van der Waals surface area contributed by atoms with Crippen molar-refractivity contribution >= 4 is 45.1 Å². The fourth-order valence-corrected chi connectivity index (χ4v) is 4.16. The predicted octanol–water partition coefficient (Wildman–Crippen LogP) is 3.50. The number of allylic oxidation sites excluding steroid dienone is 3. The van der Waals surface area contributed by atoms with E-state index in [0.29, 0.717) is 17.7 Å². The molecule has 2 aliphatic rings. The maximum atomic E-state index is 12.8. The summed E-state index contributed by atoms with van der Waals surface area (Å²) in [6, 6.07) is 13.2. The molecule has 4 rings (SSSR count). The molecule has 1 aliphatic carbocycles. The lowest BCUT2D eigenvalue weighted by Gasteiger charge is -2.27. The molecule has 1 amide bonds. The van der Waals surface area contributed by atoms with Crippen LogP contribution in [0.4, 0.5) is 0 Å². The van der Waals surface area contributed by atoms with Gasteiger partial charge >= 0.3 is 0 Å². The van der Waals surface area contributed by atoms with Crippen LogP contribution in [0.25, 0.3) is 10.8 Å². The lowest BCUT2D eigenvalue weighted by Crippen LogP contribution is -2.44. The summed E-state index contributed by atoms with van der Waals surface area (Å²) in [6.45, 7) is 0. The van der Waals surface area contributed by atoms with Crippen molar-refractivity contribution in [2.75, 3.05) is 0 Å². The smallest absolute Gasteiger partial charge is 0.257 e. The molecule has 1 aliphatic heterocycles. The van der Waals surface area contributed by atoms with Crippen molar-refractivity contribution in [3.8, 4) is 0 Å². The molecule has 0 radical (unpaired) electrons. The third kappa shape index (κ3) is 2.81. The van der Waals surface area contributed by atoms with Crippen LogP contribution in [0.5, 0.6) is 0 Å². The average molecular weight is 445 g/mol. The van der Waals surface area contributed by atoms with Crippen molar-refractivity contribution in [2.45, 2.75) is 18.4 Å². The van der Waals surface area contributed by atoms with E-state index in [4.69, 9.17) is 0 Å². The minimum absolute atomic E-state index is 0.219. The third-order valence-corrected chi connectivity index (χ3v) is 5.75. The van der Waals surface area contributed by atoms with Gasteiger partial charge in [-0.15, -0.1) is 0 Å². The van der Waals surface area contributed by atoms with Crippen molar-refractivity contribution in [2.24, 2.45) is 5.92 Å². The van der Waals surface area contributed by atoms with Crippen molar-refractivity contribution in [1.29, 1.82) is 0 Å². The monoisotopic (exact) mass is 445 g/mol. The van der Waals surface area contributed by atoms with Crippen LogP contribution >= 0.6 is 22.6 Å². The molecule has 5 heteroatoms. The van der Waals surface area contributed by atoms with E-state index in [1.54, 1.807) is 6.07 Å². The molecule has 0 spiro atoms. The minimum Gasteiger partial charge on any atom is -0.379 e. The summed E-state index contributed by atoms with van der Waals surface area (Å²) in [5.74, 6) is -1.10. The van der Waals surface area contributed by atoms with Crippen molar-refractivity contribution in [3.63, 3.8) is 0 Å². The van der Waals surface area contributed by atoms with Gasteiger partial charge in [-0.25, -0.2) is 0 Å². The number of Topliss-reactive ketones (excluding diaryl/α,β-unsaturated/α-hetero) is 1. The number of carbonyl (C=O) groups is 2. The Morgan fingerprint density at radius 1 is 1.20 bits per heavy atom. The number of aliphatic hydroxyl groups is 1. The van der Waals surface area contributed by atoms with E-state index in [-0.39, 0.29) is 18.1 Å². The Hall–Kier alpha value is -1.99. The minimum atomic E-state index is -1.70. The number of amides is 1. The number of hydrogen-bond donors (Lipinski definition) is 2. The molecule has 1 heterocycles. The number of nitrogens with one attached hydrogen (secondary N) is 1. The number of hydrogen-bond acceptors (Lipinski definition) is 3. The summed E-state index contributed by atoms with van der Waals surface area (Å²) >= 11 is 2.19. The number of ketones is 1. The molecule has 0 saturated carbocycles. The first-order chi connectivity index (χ1) is 12.0. The molecule has 4 nitrogen and oxygen atoms in total. The summed E-state index contributed by atoms with van der Waals surface area (Å²) in [7, 11) is 0. The quantitative estimate of drug-likeness (QED) is 0.562. The van der Waals surface area contributed by atoms with Gasteiger partial charge in [-0.1, -0.05) is 42.5 Å². The Morgan fingerprint density at radius 2 is 1.96 bits per heavy atom. The molecule has 2 atom stereocenters. The largest absolute Gasteiger partial charge is 0.379 e. The van der Waals surface area contributed by atoms with Gasteiger partial charge in [0.15, 0.2) is 11.4 Å². The molecule has 2 unspecified atom stereocenters. The molecule has 1 saturated heterocycles. The highest BCUT2D eigenvalue weighted by atomic mass is 127. The van der Waals surface area contributed by atoms with Gasteiger partial charge in [0.05, 0.1) is 0 Å². The van der Waals surface area contributed by atoms with E-state index < -0.39 is 11.5 Å². The number of rotatable bonds is 3.